The molecule has 0 amide bonds. The standard InChI is InChI=1S/C9H11F3/c1-4-8(9(10,11)12)6-5-7(2)3/h1,6-7H,5H2,2-3H3/b8-6+. The minimum Gasteiger partial charge on any atom is -0.165 e. The van der Waals surface area contributed by atoms with Gasteiger partial charge in [-0.15, -0.1) is 6.42 Å². The molecule has 0 aromatic heterocycles. The van der Waals surface area contributed by atoms with E-state index < -0.39 is 11.7 Å². The average Bonchev–Trinajstić information content (AvgIpc) is 1.85. The smallest absolute Gasteiger partial charge is 0.165 e. The van der Waals surface area contributed by atoms with Crippen LogP contribution in [0.5, 0.6) is 0 Å². The van der Waals surface area contributed by atoms with E-state index in [4.69, 9.17) is 6.42 Å². The van der Waals surface area contributed by atoms with Crippen LogP contribution in [0.2, 0.25) is 0 Å². The van der Waals surface area contributed by atoms with Gasteiger partial charge in [-0.3, -0.25) is 0 Å². The zero-order valence-electron chi connectivity index (χ0n) is 7.07. The summed E-state index contributed by atoms with van der Waals surface area (Å²) in [7, 11) is 0. The van der Waals surface area contributed by atoms with Crippen molar-refractivity contribution in [2.45, 2.75) is 26.4 Å². The molecule has 0 aliphatic heterocycles. The van der Waals surface area contributed by atoms with Crippen molar-refractivity contribution < 1.29 is 13.2 Å². The highest BCUT2D eigenvalue weighted by molar-refractivity contribution is 5.29. The Bertz CT molecular complexity index is 203. The van der Waals surface area contributed by atoms with E-state index in [9.17, 15) is 13.2 Å². The van der Waals surface area contributed by atoms with E-state index in [1.165, 1.54) is 0 Å². The fourth-order valence-electron chi connectivity index (χ4n) is 0.610. The van der Waals surface area contributed by atoms with E-state index in [2.05, 4.69) is 0 Å². The third-order valence-electron chi connectivity index (χ3n) is 1.25. The number of terminal acetylenes is 1. The maximum atomic E-state index is 12.0. The van der Waals surface area contributed by atoms with Crippen LogP contribution in [0.1, 0.15) is 20.3 Å². The predicted molar refractivity (Wildman–Crippen MR) is 42.4 cm³/mol. The Morgan fingerprint density at radius 1 is 1.50 bits per heavy atom. The van der Waals surface area contributed by atoms with Crippen molar-refractivity contribution in [2.24, 2.45) is 5.92 Å². The van der Waals surface area contributed by atoms with Crippen LogP contribution in [0.25, 0.3) is 0 Å². The molecular formula is C9H11F3. The quantitative estimate of drug-likeness (QED) is 0.567. The Kier molecular flexibility index (Phi) is 3.88. The Morgan fingerprint density at radius 2 is 2.00 bits per heavy atom. The summed E-state index contributed by atoms with van der Waals surface area (Å²) in [6, 6.07) is 0. The van der Waals surface area contributed by atoms with Gasteiger partial charge >= 0.3 is 6.18 Å². The number of allylic oxidation sites excluding steroid dienone is 2. The molecule has 0 aliphatic rings. The fraction of sp³-hybridized carbons (Fsp3) is 0.556. The first-order valence-corrected chi connectivity index (χ1v) is 3.62. The highest BCUT2D eigenvalue weighted by atomic mass is 19.4. The van der Waals surface area contributed by atoms with Crippen LogP contribution >= 0.6 is 0 Å². The Morgan fingerprint density at radius 3 is 2.25 bits per heavy atom. The first kappa shape index (κ1) is 11.1. The van der Waals surface area contributed by atoms with E-state index in [1.807, 2.05) is 13.8 Å². The molecule has 68 valence electrons. The SMILES string of the molecule is C#C/C(=C\CC(C)C)C(F)(F)F. The molecule has 0 fully saturated rings. The van der Waals surface area contributed by atoms with E-state index >= 15 is 0 Å². The zero-order valence-corrected chi connectivity index (χ0v) is 7.07. The van der Waals surface area contributed by atoms with E-state index in [-0.39, 0.29) is 5.92 Å². The predicted octanol–water partition coefficient (Wildman–Crippen LogP) is 3.15. The monoisotopic (exact) mass is 176 g/mol. The Balaban J connectivity index is 4.38. The molecule has 0 aromatic rings. The number of hydrogen-bond donors (Lipinski definition) is 0. The average molecular weight is 176 g/mol. The molecule has 0 atom stereocenters. The minimum absolute atomic E-state index is 0.190. The number of alkyl halides is 3. The highest BCUT2D eigenvalue weighted by Crippen LogP contribution is 2.25. The molecule has 0 radical (unpaired) electrons. The number of rotatable bonds is 2. The second kappa shape index (κ2) is 4.20. The summed E-state index contributed by atoms with van der Waals surface area (Å²) in [5.74, 6) is 1.82. The van der Waals surface area contributed by atoms with Crippen molar-refractivity contribution in [1.29, 1.82) is 0 Å². The molecule has 0 saturated heterocycles. The van der Waals surface area contributed by atoms with Crippen molar-refractivity contribution in [2.75, 3.05) is 0 Å². The number of halogens is 3. The minimum atomic E-state index is -4.37. The molecule has 0 unspecified atom stereocenters. The summed E-state index contributed by atoms with van der Waals surface area (Å²) in [4.78, 5) is 0. The van der Waals surface area contributed by atoms with Gasteiger partial charge in [0.2, 0.25) is 0 Å². The largest absolute Gasteiger partial charge is 0.423 e. The molecule has 0 aromatic carbocycles. The molecule has 0 saturated carbocycles. The molecule has 0 spiro atoms. The maximum absolute atomic E-state index is 12.0. The van der Waals surface area contributed by atoms with Crippen molar-refractivity contribution in [3.05, 3.63) is 11.6 Å². The lowest BCUT2D eigenvalue weighted by molar-refractivity contribution is -0.0874. The topological polar surface area (TPSA) is 0 Å². The lowest BCUT2D eigenvalue weighted by Gasteiger charge is -2.05. The van der Waals surface area contributed by atoms with Gasteiger partial charge in [0.25, 0.3) is 0 Å². The summed E-state index contributed by atoms with van der Waals surface area (Å²) in [6.45, 7) is 3.67. The van der Waals surface area contributed by atoms with Crippen molar-refractivity contribution in [3.8, 4) is 12.3 Å². The third kappa shape index (κ3) is 4.07. The van der Waals surface area contributed by atoms with Gasteiger partial charge < -0.3 is 0 Å². The molecule has 0 aliphatic carbocycles. The van der Waals surface area contributed by atoms with E-state index in [0.29, 0.717) is 6.42 Å². The second-order valence-corrected chi connectivity index (χ2v) is 2.89. The molecule has 0 N–H and O–H groups in total. The first-order chi connectivity index (χ1) is 5.38. The van der Waals surface area contributed by atoms with Crippen molar-refractivity contribution in [1.82, 2.24) is 0 Å². The van der Waals surface area contributed by atoms with Crippen molar-refractivity contribution in [3.63, 3.8) is 0 Å². The van der Waals surface area contributed by atoms with Crippen LogP contribution in [0.15, 0.2) is 11.6 Å². The van der Waals surface area contributed by atoms with E-state index in [0.717, 1.165) is 6.08 Å². The maximum Gasteiger partial charge on any atom is 0.423 e. The van der Waals surface area contributed by atoms with Crippen LogP contribution in [-0.4, -0.2) is 6.18 Å². The molecule has 0 heterocycles. The summed E-state index contributed by atoms with van der Waals surface area (Å²) in [5, 5.41) is 0. The molecule has 0 rings (SSSR count). The van der Waals surface area contributed by atoms with Gasteiger partial charge in [-0.05, 0) is 12.3 Å². The van der Waals surface area contributed by atoms with E-state index in [1.54, 1.807) is 5.92 Å². The second-order valence-electron chi connectivity index (χ2n) is 2.89. The van der Waals surface area contributed by atoms with Gasteiger partial charge in [0.15, 0.2) is 0 Å². The summed E-state index contributed by atoms with van der Waals surface area (Å²) in [5.41, 5.74) is -0.879. The van der Waals surface area contributed by atoms with Gasteiger partial charge in [-0.2, -0.15) is 13.2 Å². The van der Waals surface area contributed by atoms with Crippen LogP contribution in [0.3, 0.4) is 0 Å². The molecule has 0 nitrogen and oxygen atoms in total. The third-order valence-corrected chi connectivity index (χ3v) is 1.25. The highest BCUT2D eigenvalue weighted by Gasteiger charge is 2.31. The molecule has 12 heavy (non-hydrogen) atoms. The number of hydrogen-bond acceptors (Lipinski definition) is 0. The first-order valence-electron chi connectivity index (χ1n) is 3.62. The van der Waals surface area contributed by atoms with Crippen LogP contribution < -0.4 is 0 Å². The molecular weight excluding hydrogens is 165 g/mol. The fourth-order valence-corrected chi connectivity index (χ4v) is 0.610. The van der Waals surface area contributed by atoms with Gasteiger partial charge in [0.05, 0.1) is 0 Å². The Hall–Kier alpha value is -0.910. The summed E-state index contributed by atoms with van der Waals surface area (Å²) < 4.78 is 35.9. The van der Waals surface area contributed by atoms with Crippen molar-refractivity contribution >= 4 is 0 Å². The van der Waals surface area contributed by atoms with Gasteiger partial charge in [-0.25, -0.2) is 0 Å². The normalized spacial score (nSPS) is 13.2. The molecule has 3 heteroatoms. The summed E-state index contributed by atoms with van der Waals surface area (Å²) in [6.07, 6.45) is 1.76. The lowest BCUT2D eigenvalue weighted by Crippen LogP contribution is -2.10. The Labute approximate surface area is 70.5 Å². The summed E-state index contributed by atoms with van der Waals surface area (Å²) >= 11 is 0. The van der Waals surface area contributed by atoms with Crippen LogP contribution in [-0.2, 0) is 0 Å². The van der Waals surface area contributed by atoms with Gasteiger partial charge in [0, 0.05) is 0 Å². The van der Waals surface area contributed by atoms with Gasteiger partial charge in [-0.1, -0.05) is 25.8 Å². The van der Waals surface area contributed by atoms with Crippen LogP contribution in [0.4, 0.5) is 13.2 Å². The molecule has 0 bridgehead atoms. The zero-order chi connectivity index (χ0) is 9.78. The van der Waals surface area contributed by atoms with Crippen LogP contribution in [0, 0.1) is 18.3 Å². The lowest BCUT2D eigenvalue weighted by atomic mass is 10.1. The van der Waals surface area contributed by atoms with Gasteiger partial charge in [0.1, 0.15) is 5.57 Å².